The quantitative estimate of drug-likeness (QED) is 0.445. The summed E-state index contributed by atoms with van der Waals surface area (Å²) in [7, 11) is 0. The molecule has 0 spiro atoms. The Balaban J connectivity index is 1.47. The average molecular weight is 467 g/mol. The highest BCUT2D eigenvalue weighted by Crippen LogP contribution is 2.44. The number of hydrogen-bond donors (Lipinski definition) is 3. The van der Waals surface area contributed by atoms with Crippen LogP contribution in [0.4, 0.5) is 4.79 Å². The van der Waals surface area contributed by atoms with Gasteiger partial charge in [0.05, 0.1) is 0 Å². The highest BCUT2D eigenvalue weighted by atomic mass is 16.5. The Labute approximate surface area is 200 Å². The van der Waals surface area contributed by atoms with Crippen LogP contribution in [0, 0.1) is 5.41 Å². The molecule has 34 heavy (non-hydrogen) atoms. The average Bonchev–Trinajstić information content (AvgIpc) is 3.13. The van der Waals surface area contributed by atoms with Crippen molar-refractivity contribution in [3.05, 3.63) is 59.7 Å². The van der Waals surface area contributed by atoms with Crippen molar-refractivity contribution in [3.8, 4) is 11.1 Å². The van der Waals surface area contributed by atoms with Gasteiger partial charge in [-0.25, -0.2) is 4.79 Å². The highest BCUT2D eigenvalue weighted by Gasteiger charge is 2.30. The fraction of sp³-hybridized carbons (Fsp3) is 0.444. The second kappa shape index (κ2) is 11.2. The van der Waals surface area contributed by atoms with E-state index in [1.807, 2.05) is 45.0 Å². The molecule has 0 aliphatic heterocycles. The number of nitrogens with one attached hydrogen (secondary N) is 2. The van der Waals surface area contributed by atoms with Gasteiger partial charge in [0.1, 0.15) is 6.61 Å². The number of alkyl carbamates (subject to hydrolysis) is 1. The SMILES string of the molecule is CCC(CCC(=O)O)NC(=O)C(C)(C)CCNC(=O)OCC1c2ccccc2-c2ccccc21. The predicted octanol–water partition coefficient (Wildman–Crippen LogP) is 4.70. The summed E-state index contributed by atoms with van der Waals surface area (Å²) >= 11 is 0. The lowest BCUT2D eigenvalue weighted by Crippen LogP contribution is -2.44. The molecular formula is C27H34N2O5. The Kier molecular flexibility index (Phi) is 8.31. The van der Waals surface area contributed by atoms with Gasteiger partial charge in [-0.1, -0.05) is 69.3 Å². The third-order valence-corrected chi connectivity index (χ3v) is 6.51. The van der Waals surface area contributed by atoms with Gasteiger partial charge in [-0.15, -0.1) is 0 Å². The topological polar surface area (TPSA) is 105 Å². The number of amides is 2. The van der Waals surface area contributed by atoms with E-state index in [-0.39, 0.29) is 30.9 Å². The molecule has 0 aromatic heterocycles. The summed E-state index contributed by atoms with van der Waals surface area (Å²) in [4.78, 5) is 35.9. The largest absolute Gasteiger partial charge is 0.481 e. The maximum absolute atomic E-state index is 12.7. The van der Waals surface area contributed by atoms with E-state index in [1.54, 1.807) is 0 Å². The summed E-state index contributed by atoms with van der Waals surface area (Å²) in [6.07, 6.45) is 0.991. The molecule has 2 aromatic carbocycles. The standard InChI is InChI=1S/C27H34N2O5/c1-4-18(13-14-24(30)31)29-25(32)27(2,3)15-16-28-26(33)34-17-23-21-11-7-5-9-19(21)20-10-6-8-12-22(20)23/h5-12,18,23H,4,13-17H2,1-3H3,(H,28,33)(H,29,32)(H,30,31). The molecule has 0 fully saturated rings. The van der Waals surface area contributed by atoms with E-state index in [1.165, 1.54) is 11.1 Å². The maximum Gasteiger partial charge on any atom is 0.407 e. The second-order valence-electron chi connectivity index (χ2n) is 9.40. The highest BCUT2D eigenvalue weighted by molar-refractivity contribution is 5.82. The number of hydrogen-bond acceptors (Lipinski definition) is 4. The van der Waals surface area contributed by atoms with E-state index in [2.05, 4.69) is 34.9 Å². The van der Waals surface area contributed by atoms with Crippen LogP contribution in [-0.2, 0) is 14.3 Å². The van der Waals surface area contributed by atoms with E-state index in [0.29, 0.717) is 25.8 Å². The number of benzene rings is 2. The Morgan fingerprint density at radius 2 is 1.62 bits per heavy atom. The Bertz CT molecular complexity index is 988. The minimum absolute atomic E-state index is 0.00264. The molecule has 0 radical (unpaired) electrons. The molecule has 1 aliphatic carbocycles. The monoisotopic (exact) mass is 466 g/mol. The Hall–Kier alpha value is -3.35. The van der Waals surface area contributed by atoms with Crippen LogP contribution in [0.5, 0.6) is 0 Å². The van der Waals surface area contributed by atoms with Crippen molar-refractivity contribution in [2.24, 2.45) is 5.41 Å². The number of aliphatic carboxylic acids is 1. The first-order chi connectivity index (χ1) is 16.2. The van der Waals surface area contributed by atoms with Gasteiger partial charge >= 0.3 is 12.1 Å². The third-order valence-electron chi connectivity index (χ3n) is 6.51. The van der Waals surface area contributed by atoms with Crippen molar-refractivity contribution in [1.29, 1.82) is 0 Å². The van der Waals surface area contributed by atoms with Gasteiger partial charge in [0.2, 0.25) is 5.91 Å². The van der Waals surface area contributed by atoms with Crippen LogP contribution in [0.3, 0.4) is 0 Å². The molecule has 0 saturated heterocycles. The van der Waals surface area contributed by atoms with Crippen LogP contribution in [0.25, 0.3) is 11.1 Å². The van der Waals surface area contributed by atoms with Gasteiger partial charge in [-0.2, -0.15) is 0 Å². The zero-order valence-corrected chi connectivity index (χ0v) is 20.1. The van der Waals surface area contributed by atoms with Gasteiger partial charge < -0.3 is 20.5 Å². The third kappa shape index (κ3) is 6.16. The minimum Gasteiger partial charge on any atom is -0.481 e. The molecule has 2 aromatic rings. The van der Waals surface area contributed by atoms with Crippen molar-refractivity contribution in [1.82, 2.24) is 10.6 Å². The number of fused-ring (bicyclic) bond motifs is 3. The predicted molar refractivity (Wildman–Crippen MR) is 131 cm³/mol. The Morgan fingerprint density at radius 1 is 1.03 bits per heavy atom. The van der Waals surface area contributed by atoms with Crippen LogP contribution in [-0.4, -0.2) is 42.3 Å². The molecule has 1 aliphatic rings. The molecule has 0 bridgehead atoms. The van der Waals surface area contributed by atoms with Gasteiger partial charge in [-0.3, -0.25) is 9.59 Å². The van der Waals surface area contributed by atoms with E-state index < -0.39 is 17.5 Å². The number of rotatable bonds is 11. The smallest absolute Gasteiger partial charge is 0.407 e. The summed E-state index contributed by atoms with van der Waals surface area (Å²) in [6.45, 7) is 6.07. The first-order valence-electron chi connectivity index (χ1n) is 11.8. The molecular weight excluding hydrogens is 432 g/mol. The zero-order valence-electron chi connectivity index (χ0n) is 20.1. The van der Waals surface area contributed by atoms with Crippen LogP contribution in [0.1, 0.15) is 63.5 Å². The van der Waals surface area contributed by atoms with Crippen LogP contribution in [0.2, 0.25) is 0 Å². The summed E-state index contributed by atoms with van der Waals surface area (Å²) in [6, 6.07) is 16.2. The second-order valence-corrected chi connectivity index (χ2v) is 9.40. The number of carboxylic acid groups (broad SMARTS) is 1. The minimum atomic E-state index is -0.876. The maximum atomic E-state index is 12.7. The molecule has 182 valence electrons. The fourth-order valence-electron chi connectivity index (χ4n) is 4.30. The van der Waals surface area contributed by atoms with Crippen LogP contribution < -0.4 is 10.6 Å². The van der Waals surface area contributed by atoms with Crippen molar-refractivity contribution < 1.29 is 24.2 Å². The van der Waals surface area contributed by atoms with E-state index in [0.717, 1.165) is 11.1 Å². The van der Waals surface area contributed by atoms with Crippen molar-refractivity contribution in [2.45, 2.75) is 58.4 Å². The molecule has 1 unspecified atom stereocenters. The van der Waals surface area contributed by atoms with Gasteiger partial charge in [0, 0.05) is 30.3 Å². The summed E-state index contributed by atoms with van der Waals surface area (Å²) in [5, 5.41) is 14.6. The Morgan fingerprint density at radius 3 is 2.18 bits per heavy atom. The van der Waals surface area contributed by atoms with Gasteiger partial charge in [-0.05, 0) is 41.5 Å². The first kappa shape index (κ1) is 25.3. The van der Waals surface area contributed by atoms with Gasteiger partial charge in [0.15, 0.2) is 0 Å². The molecule has 0 heterocycles. The van der Waals surface area contributed by atoms with Crippen LogP contribution >= 0.6 is 0 Å². The number of ether oxygens (including phenoxy) is 1. The summed E-state index contributed by atoms with van der Waals surface area (Å²) in [5.74, 6) is -1.03. The normalized spacial score (nSPS) is 13.5. The lowest BCUT2D eigenvalue weighted by molar-refractivity contribution is -0.138. The summed E-state index contributed by atoms with van der Waals surface area (Å²) < 4.78 is 5.55. The summed E-state index contributed by atoms with van der Waals surface area (Å²) in [5.41, 5.74) is 3.94. The number of carboxylic acids is 1. The molecule has 0 saturated carbocycles. The molecule has 7 nitrogen and oxygen atoms in total. The lowest BCUT2D eigenvalue weighted by Gasteiger charge is -2.27. The fourth-order valence-corrected chi connectivity index (χ4v) is 4.30. The lowest BCUT2D eigenvalue weighted by atomic mass is 9.87. The number of carbonyl (C=O) groups excluding carboxylic acids is 2. The van der Waals surface area contributed by atoms with Crippen molar-refractivity contribution in [2.75, 3.05) is 13.2 Å². The van der Waals surface area contributed by atoms with E-state index in [9.17, 15) is 14.4 Å². The molecule has 7 heteroatoms. The molecule has 2 amide bonds. The van der Waals surface area contributed by atoms with Gasteiger partial charge in [0.25, 0.3) is 0 Å². The first-order valence-corrected chi connectivity index (χ1v) is 11.8. The van der Waals surface area contributed by atoms with Crippen molar-refractivity contribution in [3.63, 3.8) is 0 Å². The van der Waals surface area contributed by atoms with E-state index >= 15 is 0 Å². The van der Waals surface area contributed by atoms with Crippen LogP contribution in [0.15, 0.2) is 48.5 Å². The number of carbonyl (C=O) groups is 3. The van der Waals surface area contributed by atoms with E-state index in [4.69, 9.17) is 9.84 Å². The molecule has 1 atom stereocenters. The molecule has 3 rings (SSSR count). The zero-order chi connectivity index (χ0) is 24.7. The van der Waals surface area contributed by atoms with Crippen molar-refractivity contribution >= 4 is 18.0 Å². The molecule has 3 N–H and O–H groups in total.